The van der Waals surface area contributed by atoms with E-state index in [-0.39, 0.29) is 16.5 Å². The highest BCUT2D eigenvalue weighted by Gasteiger charge is 2.19. The number of carbonyl (C=O) groups excluding carboxylic acids is 1. The Labute approximate surface area is 206 Å². The van der Waals surface area contributed by atoms with E-state index in [4.69, 9.17) is 14.2 Å². The molecule has 3 aromatic rings. The first-order chi connectivity index (χ1) is 16.5. The molecule has 0 saturated heterocycles. The number of rotatable bonds is 9. The van der Waals surface area contributed by atoms with Gasteiger partial charge in [-0.25, -0.2) is 8.42 Å². The Morgan fingerprint density at radius 2 is 1.57 bits per heavy atom. The van der Waals surface area contributed by atoms with Crippen LogP contribution in [0.4, 0.5) is 11.4 Å². The molecule has 0 fully saturated rings. The molecule has 1 unspecified atom stereocenters. The first-order valence-corrected chi connectivity index (χ1v) is 12.4. The van der Waals surface area contributed by atoms with Crippen LogP contribution in [0.5, 0.6) is 17.2 Å². The van der Waals surface area contributed by atoms with Gasteiger partial charge in [0, 0.05) is 11.8 Å². The number of anilines is 2. The Morgan fingerprint density at radius 3 is 2.20 bits per heavy atom. The SMILES string of the molecule is COc1ccc(OC)c(NS(=O)(=O)c2ccc(NC(=O)C(C)Oc3cc(C)cc(C)c3C)cc2)c1. The highest BCUT2D eigenvalue weighted by atomic mass is 32.2. The maximum Gasteiger partial charge on any atom is 0.265 e. The third-order valence-electron chi connectivity index (χ3n) is 5.52. The van der Waals surface area contributed by atoms with Gasteiger partial charge in [-0.05, 0) is 86.8 Å². The molecule has 0 radical (unpaired) electrons. The van der Waals surface area contributed by atoms with Gasteiger partial charge in [-0.15, -0.1) is 0 Å². The second kappa shape index (κ2) is 10.7. The van der Waals surface area contributed by atoms with Gasteiger partial charge in [0.25, 0.3) is 15.9 Å². The summed E-state index contributed by atoms with van der Waals surface area (Å²) in [5, 5.41) is 2.76. The lowest BCUT2D eigenvalue weighted by molar-refractivity contribution is -0.122. The fraction of sp³-hybridized carbons (Fsp3) is 0.269. The largest absolute Gasteiger partial charge is 0.497 e. The van der Waals surface area contributed by atoms with Gasteiger partial charge < -0.3 is 19.5 Å². The van der Waals surface area contributed by atoms with Gasteiger partial charge in [-0.2, -0.15) is 0 Å². The van der Waals surface area contributed by atoms with Gasteiger partial charge in [-0.1, -0.05) is 6.07 Å². The summed E-state index contributed by atoms with van der Waals surface area (Å²) in [5.41, 5.74) is 3.81. The molecule has 3 aromatic carbocycles. The van der Waals surface area contributed by atoms with Crippen LogP contribution >= 0.6 is 0 Å². The molecule has 1 amide bonds. The summed E-state index contributed by atoms with van der Waals surface area (Å²) in [5.74, 6) is 1.14. The summed E-state index contributed by atoms with van der Waals surface area (Å²) in [6.07, 6.45) is -0.750. The number of amides is 1. The summed E-state index contributed by atoms with van der Waals surface area (Å²) in [6, 6.07) is 14.6. The van der Waals surface area contributed by atoms with Crippen molar-refractivity contribution in [2.75, 3.05) is 24.3 Å². The zero-order valence-corrected chi connectivity index (χ0v) is 21.4. The van der Waals surface area contributed by atoms with Gasteiger partial charge in [-0.3, -0.25) is 9.52 Å². The second-order valence-corrected chi connectivity index (χ2v) is 9.83. The topological polar surface area (TPSA) is 103 Å². The number of methoxy groups -OCH3 is 2. The van der Waals surface area contributed by atoms with Gasteiger partial charge in [0.15, 0.2) is 6.10 Å². The van der Waals surface area contributed by atoms with Crippen LogP contribution in [0.15, 0.2) is 59.5 Å². The highest BCUT2D eigenvalue weighted by Crippen LogP contribution is 2.31. The summed E-state index contributed by atoms with van der Waals surface area (Å²) in [4.78, 5) is 12.7. The molecule has 0 spiro atoms. The first kappa shape index (κ1) is 25.9. The number of nitrogens with one attached hydrogen (secondary N) is 2. The maximum absolute atomic E-state index is 12.9. The van der Waals surface area contributed by atoms with E-state index < -0.39 is 16.1 Å². The molecule has 0 aliphatic carbocycles. The minimum Gasteiger partial charge on any atom is -0.497 e. The van der Waals surface area contributed by atoms with Crippen LogP contribution in [0.3, 0.4) is 0 Å². The Hall–Kier alpha value is -3.72. The van der Waals surface area contributed by atoms with E-state index in [1.807, 2.05) is 26.8 Å². The lowest BCUT2D eigenvalue weighted by Gasteiger charge is -2.18. The number of sulfonamides is 1. The van der Waals surface area contributed by atoms with Crippen LogP contribution in [0.25, 0.3) is 0 Å². The van der Waals surface area contributed by atoms with Crippen LogP contribution in [-0.4, -0.2) is 34.6 Å². The van der Waals surface area contributed by atoms with Gasteiger partial charge in [0.2, 0.25) is 0 Å². The molecular formula is C26H30N2O6S. The van der Waals surface area contributed by atoms with Gasteiger partial charge in [0.1, 0.15) is 17.2 Å². The van der Waals surface area contributed by atoms with Crippen LogP contribution in [0.1, 0.15) is 23.6 Å². The predicted octanol–water partition coefficient (Wildman–Crippen LogP) is 4.84. The average molecular weight is 499 g/mol. The molecule has 186 valence electrons. The fourth-order valence-corrected chi connectivity index (χ4v) is 4.49. The van der Waals surface area contributed by atoms with Crippen molar-refractivity contribution in [3.05, 3.63) is 71.3 Å². The van der Waals surface area contributed by atoms with Crippen LogP contribution in [0, 0.1) is 20.8 Å². The number of carbonyl (C=O) groups is 1. The lowest BCUT2D eigenvalue weighted by atomic mass is 10.1. The normalized spacial score (nSPS) is 11.9. The van der Waals surface area contributed by atoms with E-state index in [9.17, 15) is 13.2 Å². The zero-order valence-electron chi connectivity index (χ0n) is 20.6. The van der Waals surface area contributed by atoms with Crippen molar-refractivity contribution in [1.29, 1.82) is 0 Å². The quantitative estimate of drug-likeness (QED) is 0.438. The molecule has 0 aliphatic rings. The van der Waals surface area contributed by atoms with Crippen molar-refractivity contribution in [2.45, 2.75) is 38.7 Å². The Bertz CT molecular complexity index is 1320. The molecule has 35 heavy (non-hydrogen) atoms. The highest BCUT2D eigenvalue weighted by molar-refractivity contribution is 7.92. The van der Waals surface area contributed by atoms with E-state index in [0.29, 0.717) is 22.9 Å². The van der Waals surface area contributed by atoms with Gasteiger partial charge >= 0.3 is 0 Å². The second-order valence-electron chi connectivity index (χ2n) is 8.15. The lowest BCUT2D eigenvalue weighted by Crippen LogP contribution is -2.30. The van der Waals surface area contributed by atoms with Gasteiger partial charge in [0.05, 0.1) is 24.8 Å². The number of ether oxygens (including phenoxy) is 3. The summed E-state index contributed by atoms with van der Waals surface area (Å²) in [6.45, 7) is 7.58. The van der Waals surface area contributed by atoms with Crippen molar-refractivity contribution in [3.8, 4) is 17.2 Å². The zero-order chi connectivity index (χ0) is 25.8. The van der Waals surface area contributed by atoms with Crippen molar-refractivity contribution >= 4 is 27.3 Å². The monoisotopic (exact) mass is 498 g/mol. The Balaban J connectivity index is 1.70. The summed E-state index contributed by atoms with van der Waals surface area (Å²) < 4.78 is 44.6. The van der Waals surface area contributed by atoms with Crippen LogP contribution in [-0.2, 0) is 14.8 Å². The predicted molar refractivity (Wildman–Crippen MR) is 136 cm³/mol. The molecule has 2 N–H and O–H groups in total. The average Bonchev–Trinajstić information content (AvgIpc) is 2.82. The standard InChI is InChI=1S/C26H30N2O6S/c1-16-13-17(2)18(3)25(14-16)34-19(4)26(29)27-20-7-10-22(11-8-20)35(30,31)28-23-15-21(32-5)9-12-24(23)33-6/h7-15,19,28H,1-6H3,(H,27,29). The fourth-order valence-electron chi connectivity index (χ4n) is 3.43. The Morgan fingerprint density at radius 1 is 0.886 bits per heavy atom. The molecule has 0 aliphatic heterocycles. The molecule has 3 rings (SSSR count). The number of hydrogen-bond donors (Lipinski definition) is 2. The first-order valence-electron chi connectivity index (χ1n) is 10.9. The number of hydrogen-bond acceptors (Lipinski definition) is 6. The number of benzene rings is 3. The molecule has 1 atom stereocenters. The smallest absolute Gasteiger partial charge is 0.265 e. The molecule has 8 nitrogen and oxygen atoms in total. The van der Waals surface area contributed by atoms with E-state index in [2.05, 4.69) is 16.1 Å². The van der Waals surface area contributed by atoms with Crippen molar-refractivity contribution in [2.24, 2.45) is 0 Å². The van der Waals surface area contributed by atoms with E-state index >= 15 is 0 Å². The minimum absolute atomic E-state index is 0.0236. The van der Waals surface area contributed by atoms with Crippen molar-refractivity contribution < 1.29 is 27.4 Å². The van der Waals surface area contributed by atoms with Crippen LogP contribution < -0.4 is 24.2 Å². The molecule has 0 heterocycles. The van der Waals surface area contributed by atoms with E-state index in [1.54, 1.807) is 19.1 Å². The Kier molecular flexibility index (Phi) is 7.91. The van der Waals surface area contributed by atoms with E-state index in [1.165, 1.54) is 44.6 Å². The molecule has 0 aromatic heterocycles. The number of aryl methyl sites for hydroxylation is 2. The molecular weight excluding hydrogens is 468 g/mol. The third kappa shape index (κ3) is 6.24. The summed E-state index contributed by atoms with van der Waals surface area (Å²) >= 11 is 0. The molecule has 9 heteroatoms. The summed E-state index contributed by atoms with van der Waals surface area (Å²) in [7, 11) is -0.973. The maximum atomic E-state index is 12.9. The molecule has 0 bridgehead atoms. The van der Waals surface area contributed by atoms with E-state index in [0.717, 1.165) is 16.7 Å². The molecule has 0 saturated carbocycles. The third-order valence-corrected chi connectivity index (χ3v) is 6.90. The van der Waals surface area contributed by atoms with Crippen molar-refractivity contribution in [3.63, 3.8) is 0 Å². The minimum atomic E-state index is -3.91. The van der Waals surface area contributed by atoms with Crippen LogP contribution in [0.2, 0.25) is 0 Å². The van der Waals surface area contributed by atoms with Crippen molar-refractivity contribution in [1.82, 2.24) is 0 Å².